The summed E-state index contributed by atoms with van der Waals surface area (Å²) < 4.78 is 110. The number of alkyl halides is 6. The monoisotopic (exact) mass is 466 g/mol. The molecular weight excluding hydrogens is 438 g/mol. The summed E-state index contributed by atoms with van der Waals surface area (Å²) in [7, 11) is -6.62. The van der Waals surface area contributed by atoms with Gasteiger partial charge in [0.15, 0.2) is 20.0 Å². The molecule has 0 aromatic heterocycles. The van der Waals surface area contributed by atoms with Gasteiger partial charge in [0, 0.05) is 0 Å². The molecule has 0 aliphatic carbocycles. The number of rotatable bonds is 10. The van der Waals surface area contributed by atoms with Gasteiger partial charge in [-0.25, -0.2) is 16.8 Å². The molecule has 0 fully saturated rings. The van der Waals surface area contributed by atoms with E-state index in [1.807, 2.05) is 0 Å². The molecule has 0 aromatic rings. The largest absolute Gasteiger partial charge is 0.480 e. The number of quaternary nitrogens is 1. The quantitative estimate of drug-likeness (QED) is 0.270. The third-order valence-corrected chi connectivity index (χ3v) is 5.95. The fraction of sp³-hybridized carbons (Fsp3) is 1.00. The number of unbranched alkanes of at least 4 members (excludes halogenated alkanes) is 6. The molecule has 0 amide bonds. The molecule has 28 heavy (non-hydrogen) atoms. The number of nitrogens with zero attached hydrogens (tertiary/aromatic N) is 2. The third kappa shape index (κ3) is 13.6. The second-order valence-electron chi connectivity index (χ2n) is 7.05. The molecular formula is C14H28F6N2O4S2. The van der Waals surface area contributed by atoms with E-state index in [0.717, 1.165) is 8.61 Å². The Bertz CT molecular complexity index is 596. The van der Waals surface area contributed by atoms with Gasteiger partial charge in [0.05, 0.1) is 27.7 Å². The Morgan fingerprint density at radius 1 is 0.679 bits per heavy atom. The zero-order valence-corrected chi connectivity index (χ0v) is 17.9. The first-order valence-electron chi connectivity index (χ1n) is 8.44. The van der Waals surface area contributed by atoms with Crippen LogP contribution in [0.15, 0.2) is 0 Å². The van der Waals surface area contributed by atoms with Gasteiger partial charge in [0.25, 0.3) is 0 Å². The molecule has 0 saturated heterocycles. The van der Waals surface area contributed by atoms with Gasteiger partial charge in [-0.05, 0) is 12.8 Å². The molecule has 0 aromatic carbocycles. The van der Waals surface area contributed by atoms with E-state index < -0.39 is 31.1 Å². The van der Waals surface area contributed by atoms with E-state index >= 15 is 0 Å². The van der Waals surface area contributed by atoms with Crippen LogP contribution in [0.2, 0.25) is 0 Å². The molecule has 0 rings (SSSR count). The highest BCUT2D eigenvalue weighted by atomic mass is 32.3. The van der Waals surface area contributed by atoms with Crippen LogP contribution >= 0.6 is 0 Å². The van der Waals surface area contributed by atoms with Gasteiger partial charge in [0.1, 0.15) is 0 Å². The lowest BCUT2D eigenvalue weighted by atomic mass is 10.1. The highest BCUT2D eigenvalue weighted by molar-refractivity contribution is 8.13. The van der Waals surface area contributed by atoms with Gasteiger partial charge in [-0.1, -0.05) is 39.0 Å². The van der Waals surface area contributed by atoms with Crippen molar-refractivity contribution in [1.29, 1.82) is 0 Å². The van der Waals surface area contributed by atoms with E-state index in [9.17, 15) is 43.2 Å². The van der Waals surface area contributed by atoms with Crippen molar-refractivity contribution in [3.8, 4) is 0 Å². The number of hydrogen-bond donors (Lipinski definition) is 0. The lowest BCUT2D eigenvalue weighted by molar-refractivity contribution is -0.870. The standard InChI is InChI=1S/C12H28N.C2F6NO4S2/c1-5-6-7-8-9-10-11-12-13(2,3)4;3-1(4,5)14(10,11)9-15(12,13)2(6,7)8/h5-12H2,1-4H3;/q+1;-1. The summed E-state index contributed by atoms with van der Waals surface area (Å²) >= 11 is 0. The molecule has 172 valence electrons. The van der Waals surface area contributed by atoms with Crippen LogP contribution in [0.5, 0.6) is 0 Å². The predicted molar refractivity (Wildman–Crippen MR) is 94.2 cm³/mol. The molecule has 0 aliphatic rings. The first kappa shape index (κ1) is 29.6. The van der Waals surface area contributed by atoms with E-state index in [1.54, 1.807) is 0 Å². The Morgan fingerprint density at radius 2 is 1.00 bits per heavy atom. The molecule has 0 spiro atoms. The number of hydrogen-bond acceptors (Lipinski definition) is 4. The van der Waals surface area contributed by atoms with Gasteiger partial charge in [-0.15, -0.1) is 0 Å². The summed E-state index contributed by atoms with van der Waals surface area (Å²) in [4.78, 5) is 0. The average molecular weight is 467 g/mol. The van der Waals surface area contributed by atoms with Crippen LogP contribution in [0.3, 0.4) is 0 Å². The highest BCUT2D eigenvalue weighted by Gasteiger charge is 2.46. The Hall–Kier alpha value is -0.600. The molecule has 0 atom stereocenters. The summed E-state index contributed by atoms with van der Waals surface area (Å²) in [6.07, 6.45) is 9.95. The van der Waals surface area contributed by atoms with Crippen molar-refractivity contribution in [3.63, 3.8) is 0 Å². The summed E-state index contributed by atoms with van der Waals surface area (Å²) in [6, 6.07) is 0. The van der Waals surface area contributed by atoms with Crippen LogP contribution in [0.1, 0.15) is 51.9 Å². The van der Waals surface area contributed by atoms with Crippen LogP contribution in [0, 0.1) is 0 Å². The zero-order chi connectivity index (χ0) is 22.9. The number of halogens is 6. The van der Waals surface area contributed by atoms with Crippen molar-refractivity contribution in [2.75, 3.05) is 27.7 Å². The predicted octanol–water partition coefficient (Wildman–Crippen LogP) is 4.50. The fourth-order valence-electron chi connectivity index (χ4n) is 1.76. The summed E-state index contributed by atoms with van der Waals surface area (Å²) in [5.74, 6) is 0. The first-order valence-corrected chi connectivity index (χ1v) is 11.3. The molecule has 0 radical (unpaired) electrons. The minimum atomic E-state index is -6.72. The van der Waals surface area contributed by atoms with E-state index in [0.29, 0.717) is 0 Å². The lowest BCUT2D eigenvalue weighted by Crippen LogP contribution is -2.35. The number of sulfonamides is 2. The Labute approximate surface area is 163 Å². The maximum atomic E-state index is 11.4. The van der Waals surface area contributed by atoms with Crippen LogP contribution < -0.4 is 0 Å². The maximum absolute atomic E-state index is 11.4. The van der Waals surface area contributed by atoms with Crippen molar-refractivity contribution < 1.29 is 47.7 Å². The normalized spacial score (nSPS) is 13.8. The SMILES string of the molecule is CCCCCCCCC[N+](C)(C)C.O=S(=O)([N-]S(=O)(=O)C(F)(F)F)C(F)(F)F. The highest BCUT2D eigenvalue weighted by Crippen LogP contribution is 2.36. The minimum absolute atomic E-state index is 0.778. The zero-order valence-electron chi connectivity index (χ0n) is 16.3. The van der Waals surface area contributed by atoms with Crippen LogP contribution in [0.4, 0.5) is 26.3 Å². The molecule has 0 bridgehead atoms. The van der Waals surface area contributed by atoms with Crippen molar-refractivity contribution in [2.24, 2.45) is 0 Å². The Morgan fingerprint density at radius 3 is 1.29 bits per heavy atom. The second-order valence-corrected chi connectivity index (χ2v) is 10.5. The van der Waals surface area contributed by atoms with Crippen LogP contribution in [0.25, 0.3) is 4.13 Å². The summed E-state index contributed by atoms with van der Waals surface area (Å²) in [5, 5.41) is 0. The smallest absolute Gasteiger partial charge is 0.421 e. The van der Waals surface area contributed by atoms with Crippen molar-refractivity contribution >= 4 is 20.0 Å². The Kier molecular flexibility index (Phi) is 12.2. The first-order chi connectivity index (χ1) is 12.3. The fourth-order valence-corrected chi connectivity index (χ4v) is 3.47. The van der Waals surface area contributed by atoms with Crippen LogP contribution in [-0.4, -0.2) is 60.0 Å². The molecule has 0 aliphatic heterocycles. The molecule has 0 unspecified atom stereocenters. The topological polar surface area (TPSA) is 82.4 Å². The van der Waals surface area contributed by atoms with Gasteiger partial charge < -0.3 is 8.61 Å². The van der Waals surface area contributed by atoms with Gasteiger partial charge >= 0.3 is 11.0 Å². The van der Waals surface area contributed by atoms with E-state index in [2.05, 4.69) is 28.1 Å². The molecule has 0 saturated carbocycles. The van der Waals surface area contributed by atoms with Gasteiger partial charge in [-0.3, -0.25) is 0 Å². The van der Waals surface area contributed by atoms with Gasteiger partial charge in [0.2, 0.25) is 0 Å². The molecule has 0 heterocycles. The van der Waals surface area contributed by atoms with E-state index in [4.69, 9.17) is 0 Å². The van der Waals surface area contributed by atoms with E-state index in [-0.39, 0.29) is 0 Å². The van der Waals surface area contributed by atoms with Crippen molar-refractivity contribution in [3.05, 3.63) is 4.13 Å². The van der Waals surface area contributed by atoms with E-state index in [1.165, 1.54) is 51.5 Å². The Balaban J connectivity index is 0. The molecule has 0 N–H and O–H groups in total. The van der Waals surface area contributed by atoms with Crippen molar-refractivity contribution in [2.45, 2.75) is 62.9 Å². The molecule has 6 nitrogen and oxygen atoms in total. The van der Waals surface area contributed by atoms with Crippen molar-refractivity contribution in [1.82, 2.24) is 0 Å². The third-order valence-electron chi connectivity index (χ3n) is 3.21. The average Bonchev–Trinajstić information content (AvgIpc) is 2.42. The lowest BCUT2D eigenvalue weighted by Gasteiger charge is -2.23. The van der Waals surface area contributed by atoms with Gasteiger partial charge in [-0.2, -0.15) is 26.3 Å². The summed E-state index contributed by atoms with van der Waals surface area (Å²) in [6.45, 7) is 3.60. The minimum Gasteiger partial charge on any atom is -0.421 e. The van der Waals surface area contributed by atoms with Crippen LogP contribution in [-0.2, 0) is 20.0 Å². The maximum Gasteiger partial charge on any atom is 0.480 e. The molecule has 14 heteroatoms. The second kappa shape index (κ2) is 11.6. The summed E-state index contributed by atoms with van der Waals surface area (Å²) in [5.41, 5.74) is -12.4.